The minimum atomic E-state index is -1.67. The van der Waals surface area contributed by atoms with Crippen molar-refractivity contribution in [2.45, 2.75) is 0 Å². The molecule has 0 aliphatic carbocycles. The number of benzene rings is 3. The molecule has 108 valence electrons. The van der Waals surface area contributed by atoms with Gasteiger partial charge in [0.2, 0.25) is 0 Å². The van der Waals surface area contributed by atoms with E-state index < -0.39 is 19.6 Å². The van der Waals surface area contributed by atoms with Crippen molar-refractivity contribution in [2.75, 3.05) is 0 Å². The first kappa shape index (κ1) is 16.7. The number of rotatable bonds is 3. The Morgan fingerprint density at radius 1 is 0.591 bits per heavy atom. The average molecular weight is 418 g/mol. The molecule has 3 rings (SSSR count). The Hall–Kier alpha value is -1.71. The van der Waals surface area contributed by atoms with Gasteiger partial charge in [-0.25, -0.2) is 0 Å². The second-order valence-corrected chi connectivity index (χ2v) is 10.3. The van der Waals surface area contributed by atoms with Crippen LogP contribution in [0, 0.1) is 10.7 Å². The van der Waals surface area contributed by atoms with Gasteiger partial charge in [-0.15, -0.1) is 0 Å². The topological polar surface area (TPSA) is 23.8 Å². The van der Waals surface area contributed by atoms with Crippen molar-refractivity contribution in [1.82, 2.24) is 0 Å². The summed E-state index contributed by atoms with van der Waals surface area (Å²) in [7, 11) is 0. The SMILES string of the molecule is N#CS.c1ccc([Te+](c2ccccc2)c2ccccc2)cc1. The summed E-state index contributed by atoms with van der Waals surface area (Å²) < 4.78 is 4.51. The van der Waals surface area contributed by atoms with E-state index in [1.807, 2.05) is 0 Å². The third-order valence-corrected chi connectivity index (χ3v) is 9.30. The molecular weight excluding hydrogens is 402 g/mol. The van der Waals surface area contributed by atoms with Crippen LogP contribution in [0.3, 0.4) is 0 Å². The summed E-state index contributed by atoms with van der Waals surface area (Å²) >= 11 is 1.42. The number of hydrogen-bond donors (Lipinski definition) is 1. The van der Waals surface area contributed by atoms with Crippen molar-refractivity contribution in [3.8, 4) is 5.40 Å². The molecule has 3 aromatic carbocycles. The van der Waals surface area contributed by atoms with E-state index in [1.54, 1.807) is 0 Å². The first-order valence-electron chi connectivity index (χ1n) is 6.79. The van der Waals surface area contributed by atoms with Gasteiger partial charge in [0.05, 0.1) is 0 Å². The Bertz CT molecular complexity index is 615. The van der Waals surface area contributed by atoms with Crippen LogP contribution in [0.5, 0.6) is 0 Å². The Morgan fingerprint density at radius 3 is 1.05 bits per heavy atom. The van der Waals surface area contributed by atoms with Gasteiger partial charge >= 0.3 is 121 Å². The normalized spacial score (nSPS) is 9.50. The van der Waals surface area contributed by atoms with Gasteiger partial charge in [-0.3, -0.25) is 0 Å². The number of hydrogen-bond acceptors (Lipinski definition) is 2. The molecule has 0 aliphatic heterocycles. The van der Waals surface area contributed by atoms with Gasteiger partial charge in [0, 0.05) is 0 Å². The van der Waals surface area contributed by atoms with E-state index in [4.69, 9.17) is 5.26 Å². The Kier molecular flexibility index (Phi) is 7.07. The summed E-state index contributed by atoms with van der Waals surface area (Å²) in [6.07, 6.45) is 0. The summed E-state index contributed by atoms with van der Waals surface area (Å²) in [4.78, 5) is 0. The van der Waals surface area contributed by atoms with Crippen molar-refractivity contribution in [2.24, 2.45) is 0 Å². The van der Waals surface area contributed by atoms with Crippen molar-refractivity contribution in [3.05, 3.63) is 91.0 Å². The van der Waals surface area contributed by atoms with Gasteiger partial charge in [0.15, 0.2) is 0 Å². The zero-order chi connectivity index (χ0) is 15.6. The van der Waals surface area contributed by atoms with Crippen molar-refractivity contribution in [1.29, 1.82) is 5.26 Å². The van der Waals surface area contributed by atoms with Gasteiger partial charge in [-0.2, -0.15) is 5.26 Å². The first-order valence-corrected chi connectivity index (χ1v) is 10.7. The molecule has 0 amide bonds. The molecule has 3 heteroatoms. The Balaban J connectivity index is 0.000000545. The first-order chi connectivity index (χ1) is 10.9. The van der Waals surface area contributed by atoms with Crippen molar-refractivity contribution >= 4 is 43.0 Å². The van der Waals surface area contributed by atoms with E-state index in [1.165, 1.54) is 16.2 Å². The fraction of sp³-hybridized carbons (Fsp3) is 0. The van der Waals surface area contributed by atoms with Crippen LogP contribution in [-0.4, -0.2) is 19.6 Å². The van der Waals surface area contributed by atoms with Crippen LogP contribution in [0.15, 0.2) is 91.0 Å². The number of thiocyanates is 1. The van der Waals surface area contributed by atoms with E-state index in [0.29, 0.717) is 0 Å². The van der Waals surface area contributed by atoms with E-state index in [0.717, 1.165) is 0 Å². The summed E-state index contributed by atoms with van der Waals surface area (Å²) in [5.74, 6) is 0. The molecule has 0 radical (unpaired) electrons. The van der Waals surface area contributed by atoms with E-state index in [2.05, 4.69) is 104 Å². The molecule has 0 atom stereocenters. The summed E-state index contributed by atoms with van der Waals surface area (Å²) in [6, 6.07) is 32.8. The maximum absolute atomic E-state index is 7.18. The molecule has 0 spiro atoms. The van der Waals surface area contributed by atoms with Crippen molar-refractivity contribution in [3.63, 3.8) is 0 Å². The number of nitriles is 1. The fourth-order valence-electron chi connectivity index (χ4n) is 2.08. The fourth-order valence-corrected chi connectivity index (χ4v) is 8.08. The molecule has 3 aromatic rings. The molecule has 0 aliphatic rings. The van der Waals surface area contributed by atoms with Gasteiger partial charge in [0.1, 0.15) is 5.40 Å². The number of nitrogens with zero attached hydrogens (tertiary/aromatic N) is 1. The third kappa shape index (κ3) is 4.65. The van der Waals surface area contributed by atoms with Gasteiger partial charge < -0.3 is 0 Å². The Labute approximate surface area is 144 Å². The molecule has 22 heavy (non-hydrogen) atoms. The van der Waals surface area contributed by atoms with Crippen LogP contribution in [0.1, 0.15) is 0 Å². The molecule has 0 saturated carbocycles. The zero-order valence-electron chi connectivity index (χ0n) is 12.0. The van der Waals surface area contributed by atoms with Crippen LogP contribution >= 0.6 is 12.6 Å². The van der Waals surface area contributed by atoms with Crippen LogP contribution < -0.4 is 10.8 Å². The molecule has 0 heterocycles. The molecule has 0 saturated heterocycles. The molecular formula is C19H16NSTe+. The van der Waals surface area contributed by atoms with Gasteiger partial charge in [-0.1, -0.05) is 12.6 Å². The standard InChI is InChI=1S/C18H15Te.CHNS/c1-4-10-16(11-5-1)19(17-12-6-2-7-13-17)18-14-8-3-9-15-18;2-1-3/h1-15H;3H/q+1;. The summed E-state index contributed by atoms with van der Waals surface area (Å²) in [5.41, 5.74) is 0. The van der Waals surface area contributed by atoms with Gasteiger partial charge in [-0.05, 0) is 0 Å². The third-order valence-electron chi connectivity index (χ3n) is 2.94. The summed E-state index contributed by atoms with van der Waals surface area (Å²) in [6.45, 7) is 0. The van der Waals surface area contributed by atoms with E-state index >= 15 is 0 Å². The molecule has 0 unspecified atom stereocenters. The molecule has 0 fully saturated rings. The van der Waals surface area contributed by atoms with Gasteiger partial charge in [0.25, 0.3) is 0 Å². The number of thiol groups is 1. The minimum absolute atomic E-state index is 1.44. The Morgan fingerprint density at radius 2 is 0.818 bits per heavy atom. The van der Waals surface area contributed by atoms with E-state index in [9.17, 15) is 0 Å². The maximum atomic E-state index is 7.18. The second kappa shape index (κ2) is 9.34. The molecule has 0 aromatic heterocycles. The van der Waals surface area contributed by atoms with E-state index in [-0.39, 0.29) is 0 Å². The quantitative estimate of drug-likeness (QED) is 0.395. The summed E-state index contributed by atoms with van der Waals surface area (Å²) in [5, 5.41) is 8.63. The van der Waals surface area contributed by atoms with Crippen LogP contribution in [0.2, 0.25) is 0 Å². The van der Waals surface area contributed by atoms with Crippen molar-refractivity contribution < 1.29 is 0 Å². The zero-order valence-corrected chi connectivity index (χ0v) is 15.2. The predicted molar refractivity (Wildman–Crippen MR) is 98.6 cm³/mol. The molecule has 0 N–H and O–H groups in total. The monoisotopic (exact) mass is 420 g/mol. The second-order valence-electron chi connectivity index (χ2n) is 4.35. The molecule has 1 nitrogen and oxygen atoms in total. The van der Waals surface area contributed by atoms with Crippen LogP contribution in [0.4, 0.5) is 0 Å². The average Bonchev–Trinajstić information content (AvgIpc) is 2.59. The van der Waals surface area contributed by atoms with Crippen LogP contribution in [0.25, 0.3) is 0 Å². The predicted octanol–water partition coefficient (Wildman–Crippen LogP) is 2.60. The molecule has 0 bridgehead atoms. The van der Waals surface area contributed by atoms with Crippen LogP contribution in [-0.2, 0) is 0 Å².